The van der Waals surface area contributed by atoms with Crippen LogP contribution in [0.3, 0.4) is 0 Å². The lowest BCUT2D eigenvalue weighted by molar-refractivity contribution is -0.114. The van der Waals surface area contributed by atoms with Crippen LogP contribution in [-0.2, 0) is 19.6 Å². The average molecular weight is 407 g/mol. The number of nitrogens with zero attached hydrogens (tertiary/aromatic N) is 1. The van der Waals surface area contributed by atoms with Gasteiger partial charge in [0, 0.05) is 24.8 Å². The number of benzene rings is 2. The van der Waals surface area contributed by atoms with Crippen LogP contribution in [0.2, 0.25) is 0 Å². The maximum Gasteiger partial charge on any atom is 0.414 e. The summed E-state index contributed by atoms with van der Waals surface area (Å²) < 4.78 is 45.4. The Balaban J connectivity index is 1.61. The van der Waals surface area contributed by atoms with Crippen molar-refractivity contribution in [2.24, 2.45) is 0 Å². The molecule has 2 amide bonds. The molecule has 2 aromatic rings. The maximum absolute atomic E-state index is 13.0. The van der Waals surface area contributed by atoms with Gasteiger partial charge in [-0.05, 0) is 48.5 Å². The summed E-state index contributed by atoms with van der Waals surface area (Å²) in [7, 11) is -3.82. The number of sulfonamides is 1. The summed E-state index contributed by atoms with van der Waals surface area (Å²) in [5.41, 5.74) is 0.941. The molecule has 1 atom stereocenters. The summed E-state index contributed by atoms with van der Waals surface area (Å²) in [6.45, 7) is 1.37. The first kappa shape index (κ1) is 19.8. The largest absolute Gasteiger partial charge is 0.443 e. The van der Waals surface area contributed by atoms with Gasteiger partial charge in [-0.3, -0.25) is 9.69 Å². The second kappa shape index (κ2) is 7.95. The van der Waals surface area contributed by atoms with E-state index in [0.717, 1.165) is 0 Å². The molecule has 1 saturated heterocycles. The van der Waals surface area contributed by atoms with Crippen molar-refractivity contribution in [1.82, 2.24) is 4.72 Å². The lowest BCUT2D eigenvalue weighted by Gasteiger charge is -2.13. The molecule has 1 fully saturated rings. The minimum atomic E-state index is -3.82. The number of rotatable bonds is 6. The van der Waals surface area contributed by atoms with Gasteiger partial charge >= 0.3 is 6.09 Å². The summed E-state index contributed by atoms with van der Waals surface area (Å²) in [6, 6.07) is 11.0. The third-order valence-electron chi connectivity index (χ3n) is 4.00. The number of nitrogens with one attached hydrogen (secondary N) is 2. The summed E-state index contributed by atoms with van der Waals surface area (Å²) in [5.74, 6) is -0.687. The molecule has 1 aliphatic rings. The fourth-order valence-electron chi connectivity index (χ4n) is 2.67. The first-order valence-electron chi connectivity index (χ1n) is 8.35. The molecule has 0 radical (unpaired) electrons. The Kier molecular flexibility index (Phi) is 5.61. The zero-order valence-electron chi connectivity index (χ0n) is 14.9. The SMILES string of the molecule is CC(=O)Nc1ccc(S(=O)(=O)NCC2CN(c3ccc(F)cc3)C(=O)O2)cc1. The normalized spacial score (nSPS) is 16.7. The number of hydrogen-bond donors (Lipinski definition) is 2. The van der Waals surface area contributed by atoms with Crippen molar-refractivity contribution in [3.8, 4) is 0 Å². The van der Waals surface area contributed by atoms with Gasteiger partial charge in [-0.15, -0.1) is 0 Å². The van der Waals surface area contributed by atoms with E-state index in [-0.39, 0.29) is 23.9 Å². The van der Waals surface area contributed by atoms with Gasteiger partial charge in [0.05, 0.1) is 11.4 Å². The molecule has 0 saturated carbocycles. The van der Waals surface area contributed by atoms with E-state index in [0.29, 0.717) is 11.4 Å². The standard InChI is InChI=1S/C18H18FN3O5S/c1-12(23)21-14-4-8-17(9-5-14)28(25,26)20-10-16-11-22(18(24)27-16)15-6-2-13(19)3-7-15/h2-9,16,20H,10-11H2,1H3,(H,21,23). The van der Waals surface area contributed by atoms with Gasteiger partial charge in [-0.2, -0.15) is 0 Å². The molecule has 0 spiro atoms. The van der Waals surface area contributed by atoms with Crippen LogP contribution in [0.1, 0.15) is 6.92 Å². The molecular formula is C18H18FN3O5S. The van der Waals surface area contributed by atoms with Crippen LogP contribution < -0.4 is 14.9 Å². The quantitative estimate of drug-likeness (QED) is 0.763. The molecule has 0 aliphatic carbocycles. The lowest BCUT2D eigenvalue weighted by atomic mass is 10.2. The molecule has 2 aromatic carbocycles. The van der Waals surface area contributed by atoms with Crippen molar-refractivity contribution in [2.75, 3.05) is 23.3 Å². The highest BCUT2D eigenvalue weighted by Crippen LogP contribution is 2.22. The van der Waals surface area contributed by atoms with Gasteiger partial charge < -0.3 is 10.1 Å². The summed E-state index contributed by atoms with van der Waals surface area (Å²) in [4.78, 5) is 24.3. The predicted octanol–water partition coefficient (Wildman–Crippen LogP) is 2.09. The van der Waals surface area contributed by atoms with Crippen LogP contribution in [0.5, 0.6) is 0 Å². The number of ether oxygens (including phenoxy) is 1. The van der Waals surface area contributed by atoms with Crippen LogP contribution >= 0.6 is 0 Å². The molecule has 1 unspecified atom stereocenters. The van der Waals surface area contributed by atoms with Crippen LogP contribution in [0.15, 0.2) is 53.4 Å². The topological polar surface area (TPSA) is 105 Å². The minimum absolute atomic E-state index is 0.0151. The van der Waals surface area contributed by atoms with E-state index >= 15 is 0 Å². The van der Waals surface area contributed by atoms with Gasteiger partial charge in [0.2, 0.25) is 15.9 Å². The van der Waals surface area contributed by atoms with E-state index in [9.17, 15) is 22.4 Å². The molecule has 8 nitrogen and oxygen atoms in total. The Labute approximate surface area is 161 Å². The number of carbonyl (C=O) groups excluding carboxylic acids is 2. The molecule has 10 heteroatoms. The van der Waals surface area contributed by atoms with E-state index in [4.69, 9.17) is 4.74 Å². The van der Waals surface area contributed by atoms with Gasteiger partial charge in [0.1, 0.15) is 11.9 Å². The number of halogens is 1. The maximum atomic E-state index is 13.0. The fraction of sp³-hybridized carbons (Fsp3) is 0.222. The third kappa shape index (κ3) is 4.65. The zero-order chi connectivity index (χ0) is 20.3. The van der Waals surface area contributed by atoms with Crippen LogP contribution in [0.4, 0.5) is 20.6 Å². The van der Waals surface area contributed by atoms with Crippen molar-refractivity contribution >= 4 is 33.4 Å². The molecule has 2 N–H and O–H groups in total. The molecule has 1 aliphatic heterocycles. The number of hydrogen-bond acceptors (Lipinski definition) is 5. The monoisotopic (exact) mass is 407 g/mol. The predicted molar refractivity (Wildman–Crippen MR) is 99.9 cm³/mol. The molecule has 148 valence electrons. The van der Waals surface area contributed by atoms with Crippen molar-refractivity contribution in [2.45, 2.75) is 17.9 Å². The van der Waals surface area contributed by atoms with Crippen molar-refractivity contribution in [3.63, 3.8) is 0 Å². The molecule has 0 aromatic heterocycles. The summed E-state index contributed by atoms with van der Waals surface area (Å²) >= 11 is 0. The Morgan fingerprint density at radius 2 is 1.82 bits per heavy atom. The number of cyclic esters (lactones) is 1. The van der Waals surface area contributed by atoms with Crippen molar-refractivity contribution < 1.29 is 27.1 Å². The molecule has 28 heavy (non-hydrogen) atoms. The van der Waals surface area contributed by atoms with E-state index < -0.39 is 28.0 Å². The smallest absolute Gasteiger partial charge is 0.414 e. The van der Waals surface area contributed by atoms with E-state index in [1.54, 1.807) is 0 Å². The highest BCUT2D eigenvalue weighted by molar-refractivity contribution is 7.89. The Morgan fingerprint density at radius 1 is 1.18 bits per heavy atom. The first-order valence-corrected chi connectivity index (χ1v) is 9.84. The first-order chi connectivity index (χ1) is 13.2. The van der Waals surface area contributed by atoms with Gasteiger partial charge in [0.25, 0.3) is 0 Å². The highest BCUT2D eigenvalue weighted by Gasteiger charge is 2.33. The Bertz CT molecular complexity index is 977. The third-order valence-corrected chi connectivity index (χ3v) is 5.44. The summed E-state index contributed by atoms with van der Waals surface area (Å²) in [5, 5.41) is 2.55. The van der Waals surface area contributed by atoms with Crippen LogP contribution in [0.25, 0.3) is 0 Å². The van der Waals surface area contributed by atoms with Crippen LogP contribution in [0, 0.1) is 5.82 Å². The Hall–Kier alpha value is -2.98. The minimum Gasteiger partial charge on any atom is -0.443 e. The van der Waals surface area contributed by atoms with Gasteiger partial charge in [-0.25, -0.2) is 22.3 Å². The molecule has 0 bridgehead atoms. The van der Waals surface area contributed by atoms with E-state index in [1.165, 1.54) is 60.4 Å². The van der Waals surface area contributed by atoms with Gasteiger partial charge in [0.15, 0.2) is 0 Å². The second-order valence-electron chi connectivity index (χ2n) is 6.15. The number of amides is 2. The van der Waals surface area contributed by atoms with E-state index in [1.807, 2.05) is 0 Å². The molecular weight excluding hydrogens is 389 g/mol. The van der Waals surface area contributed by atoms with Crippen molar-refractivity contribution in [3.05, 3.63) is 54.3 Å². The fourth-order valence-corrected chi connectivity index (χ4v) is 3.73. The Morgan fingerprint density at radius 3 is 2.43 bits per heavy atom. The number of anilines is 2. The van der Waals surface area contributed by atoms with Crippen molar-refractivity contribution in [1.29, 1.82) is 0 Å². The molecule has 1 heterocycles. The second-order valence-corrected chi connectivity index (χ2v) is 7.92. The average Bonchev–Trinajstić information content (AvgIpc) is 3.01. The molecule has 3 rings (SSSR count). The highest BCUT2D eigenvalue weighted by atomic mass is 32.2. The van der Waals surface area contributed by atoms with Crippen LogP contribution in [-0.4, -0.2) is 39.6 Å². The van der Waals surface area contributed by atoms with E-state index in [2.05, 4.69) is 10.0 Å². The number of carbonyl (C=O) groups is 2. The lowest BCUT2D eigenvalue weighted by Crippen LogP contribution is -2.34. The van der Waals surface area contributed by atoms with Gasteiger partial charge in [-0.1, -0.05) is 0 Å². The zero-order valence-corrected chi connectivity index (χ0v) is 15.7. The summed E-state index contributed by atoms with van der Waals surface area (Å²) in [6.07, 6.45) is -1.32.